The highest BCUT2D eigenvalue weighted by Gasteiger charge is 2.42. The number of halogens is 2. The van der Waals surface area contributed by atoms with Gasteiger partial charge in [0.05, 0.1) is 18.5 Å². The minimum Gasteiger partial charge on any atom is -0.366 e. The summed E-state index contributed by atoms with van der Waals surface area (Å²) in [5, 5.41) is 9.97. The molecule has 1 N–H and O–H groups in total. The fourth-order valence-electron chi connectivity index (χ4n) is 1.50. The van der Waals surface area contributed by atoms with Crippen molar-refractivity contribution in [2.24, 2.45) is 9.98 Å². The summed E-state index contributed by atoms with van der Waals surface area (Å²) < 4.78 is 0. The molecular weight excluding hydrogens is 237 g/mol. The van der Waals surface area contributed by atoms with Gasteiger partial charge in [-0.05, 0) is 6.42 Å². The highest BCUT2D eigenvalue weighted by molar-refractivity contribution is 6.45. The first-order valence-electron chi connectivity index (χ1n) is 4.67. The lowest BCUT2D eigenvalue weighted by molar-refractivity contribution is 0.0647. The lowest BCUT2D eigenvalue weighted by Gasteiger charge is -2.22. The van der Waals surface area contributed by atoms with Crippen molar-refractivity contribution in [2.75, 3.05) is 6.54 Å². The van der Waals surface area contributed by atoms with Crippen molar-refractivity contribution in [2.45, 2.75) is 23.9 Å². The summed E-state index contributed by atoms with van der Waals surface area (Å²) in [6.45, 7) is 2.29. The van der Waals surface area contributed by atoms with Crippen LogP contribution in [-0.2, 0) is 0 Å². The molecule has 1 unspecified atom stereocenters. The van der Waals surface area contributed by atoms with Gasteiger partial charge in [-0.2, -0.15) is 0 Å². The lowest BCUT2D eigenvalue weighted by Crippen LogP contribution is -2.39. The molecule has 82 valence electrons. The van der Waals surface area contributed by atoms with E-state index in [0.29, 0.717) is 5.84 Å². The third-order valence-electron chi connectivity index (χ3n) is 2.37. The average molecular weight is 248 g/mol. The Balaban J connectivity index is 2.25. The molecule has 2 rings (SSSR count). The molecule has 0 spiro atoms. The van der Waals surface area contributed by atoms with Crippen LogP contribution in [0.1, 0.15) is 13.3 Å². The second kappa shape index (κ2) is 3.77. The normalized spacial score (nSPS) is 29.3. The molecule has 0 radical (unpaired) electrons. The molecule has 2 aliphatic rings. The molecule has 15 heavy (non-hydrogen) atoms. The zero-order valence-corrected chi connectivity index (χ0v) is 9.70. The Morgan fingerprint density at radius 1 is 1.67 bits per heavy atom. The first-order chi connectivity index (χ1) is 7.05. The minimum atomic E-state index is -1.43. The number of nitrogens with zero attached hydrogens (tertiary/aromatic N) is 3. The summed E-state index contributed by atoms with van der Waals surface area (Å²) in [7, 11) is 0. The van der Waals surface area contributed by atoms with Gasteiger partial charge < -0.3 is 10.0 Å². The quantitative estimate of drug-likeness (QED) is 0.753. The van der Waals surface area contributed by atoms with Crippen molar-refractivity contribution in [3.8, 4) is 0 Å². The predicted molar refractivity (Wildman–Crippen MR) is 61.5 cm³/mol. The van der Waals surface area contributed by atoms with Gasteiger partial charge in [0.2, 0.25) is 5.72 Å². The van der Waals surface area contributed by atoms with E-state index in [1.807, 2.05) is 18.0 Å². The van der Waals surface area contributed by atoms with Crippen LogP contribution in [0.5, 0.6) is 0 Å². The van der Waals surface area contributed by atoms with Crippen LogP contribution in [0.3, 0.4) is 0 Å². The number of amidine groups is 1. The first kappa shape index (κ1) is 10.9. The number of allylic oxidation sites excluding steroid dienone is 1. The van der Waals surface area contributed by atoms with E-state index in [9.17, 15) is 5.11 Å². The summed E-state index contributed by atoms with van der Waals surface area (Å²) in [4.78, 5) is 9.10. The Hall–Kier alpha value is -0.580. The van der Waals surface area contributed by atoms with Crippen molar-refractivity contribution in [1.29, 1.82) is 0 Å². The third kappa shape index (κ3) is 1.89. The van der Waals surface area contributed by atoms with Crippen molar-refractivity contribution in [3.05, 3.63) is 11.9 Å². The number of rotatable bonds is 2. The van der Waals surface area contributed by atoms with Crippen LogP contribution >= 0.6 is 23.2 Å². The zero-order valence-electron chi connectivity index (χ0n) is 8.19. The van der Waals surface area contributed by atoms with E-state index in [0.717, 1.165) is 12.1 Å². The van der Waals surface area contributed by atoms with E-state index in [1.165, 1.54) is 0 Å². The number of hydrogen-bond acceptors (Lipinski definition) is 4. The van der Waals surface area contributed by atoms with Gasteiger partial charge in [0, 0.05) is 6.20 Å². The zero-order chi connectivity index (χ0) is 11.1. The van der Waals surface area contributed by atoms with Crippen molar-refractivity contribution in [3.63, 3.8) is 0 Å². The average Bonchev–Trinajstić information content (AvgIpc) is 2.54. The molecule has 2 aliphatic heterocycles. The molecule has 0 aromatic rings. The van der Waals surface area contributed by atoms with E-state index in [2.05, 4.69) is 9.98 Å². The standard InChI is InChI=1S/C9H11Cl2N3O/c1-2-6-4-14-5-9(15,8(10)11)13-7(14)3-12-6/h3-4,8,15H,2,5H2,1H3. The van der Waals surface area contributed by atoms with Crippen LogP contribution in [0.15, 0.2) is 21.9 Å². The number of aliphatic hydroxyl groups is 1. The maximum atomic E-state index is 9.97. The third-order valence-corrected chi connectivity index (χ3v) is 3.07. The van der Waals surface area contributed by atoms with Gasteiger partial charge in [-0.15, -0.1) is 0 Å². The monoisotopic (exact) mass is 247 g/mol. The number of fused-ring (bicyclic) bond motifs is 1. The molecule has 0 saturated heterocycles. The Morgan fingerprint density at radius 3 is 3.00 bits per heavy atom. The summed E-state index contributed by atoms with van der Waals surface area (Å²) in [6, 6.07) is 0. The van der Waals surface area contributed by atoms with Crippen LogP contribution in [0.4, 0.5) is 0 Å². The largest absolute Gasteiger partial charge is 0.366 e. The van der Waals surface area contributed by atoms with E-state index < -0.39 is 10.6 Å². The summed E-state index contributed by atoms with van der Waals surface area (Å²) in [5.74, 6) is 0.598. The highest BCUT2D eigenvalue weighted by atomic mass is 35.5. The summed E-state index contributed by atoms with van der Waals surface area (Å²) in [6.07, 6.45) is 4.31. The van der Waals surface area contributed by atoms with E-state index >= 15 is 0 Å². The minimum absolute atomic E-state index is 0.273. The smallest absolute Gasteiger partial charge is 0.206 e. The summed E-state index contributed by atoms with van der Waals surface area (Å²) in [5.41, 5.74) is -0.483. The maximum absolute atomic E-state index is 9.97. The number of alkyl halides is 2. The van der Waals surface area contributed by atoms with Gasteiger partial charge in [0.15, 0.2) is 4.84 Å². The predicted octanol–water partition coefficient (Wildman–Crippen LogP) is 1.53. The fourth-order valence-corrected chi connectivity index (χ4v) is 1.73. The first-order valence-corrected chi connectivity index (χ1v) is 5.54. The lowest BCUT2D eigenvalue weighted by atomic mass is 10.2. The van der Waals surface area contributed by atoms with Crippen LogP contribution in [-0.4, -0.2) is 39.2 Å². The van der Waals surface area contributed by atoms with Gasteiger partial charge >= 0.3 is 0 Å². The number of aliphatic imine (C=N–C) groups is 2. The fraction of sp³-hybridized carbons (Fsp3) is 0.556. The van der Waals surface area contributed by atoms with Gasteiger partial charge in [-0.1, -0.05) is 30.1 Å². The molecule has 0 fully saturated rings. The van der Waals surface area contributed by atoms with Crippen molar-refractivity contribution < 1.29 is 5.11 Å². The maximum Gasteiger partial charge on any atom is 0.206 e. The van der Waals surface area contributed by atoms with Crippen LogP contribution in [0.2, 0.25) is 0 Å². The van der Waals surface area contributed by atoms with Crippen LogP contribution in [0, 0.1) is 0 Å². The molecule has 0 aliphatic carbocycles. The highest BCUT2D eigenvalue weighted by Crippen LogP contribution is 2.29. The van der Waals surface area contributed by atoms with E-state index in [4.69, 9.17) is 23.2 Å². The van der Waals surface area contributed by atoms with E-state index in [-0.39, 0.29) is 6.54 Å². The molecule has 0 bridgehead atoms. The van der Waals surface area contributed by atoms with Crippen LogP contribution < -0.4 is 0 Å². The molecule has 0 aromatic carbocycles. The Labute approximate surface area is 97.9 Å². The molecule has 4 nitrogen and oxygen atoms in total. The topological polar surface area (TPSA) is 48.2 Å². The number of hydrogen-bond donors (Lipinski definition) is 1. The molecule has 2 heterocycles. The van der Waals surface area contributed by atoms with Crippen LogP contribution in [0.25, 0.3) is 0 Å². The molecule has 0 saturated carbocycles. The van der Waals surface area contributed by atoms with E-state index in [1.54, 1.807) is 6.21 Å². The molecule has 6 heteroatoms. The molecular formula is C9H11Cl2N3O. The van der Waals surface area contributed by atoms with Gasteiger partial charge in [-0.3, -0.25) is 4.99 Å². The Bertz CT molecular complexity index is 364. The second-order valence-corrected chi connectivity index (χ2v) is 4.61. The molecule has 0 aromatic heterocycles. The SMILES string of the molecule is CCC1=CN2CC(O)(C(Cl)Cl)N=C2C=N1. The van der Waals surface area contributed by atoms with Crippen molar-refractivity contribution >= 4 is 35.3 Å². The second-order valence-electron chi connectivity index (χ2n) is 3.51. The summed E-state index contributed by atoms with van der Waals surface area (Å²) >= 11 is 11.4. The molecule has 1 atom stereocenters. The Kier molecular flexibility index (Phi) is 2.75. The molecule has 0 amide bonds. The van der Waals surface area contributed by atoms with Gasteiger partial charge in [0.1, 0.15) is 5.84 Å². The van der Waals surface area contributed by atoms with Gasteiger partial charge in [0.25, 0.3) is 0 Å². The Morgan fingerprint density at radius 2 is 2.40 bits per heavy atom. The van der Waals surface area contributed by atoms with Gasteiger partial charge in [-0.25, -0.2) is 4.99 Å². The van der Waals surface area contributed by atoms with Crippen molar-refractivity contribution in [1.82, 2.24) is 4.90 Å².